The van der Waals surface area contributed by atoms with E-state index < -0.39 is 0 Å². The largest absolute Gasteiger partial charge is 0.497 e. The summed E-state index contributed by atoms with van der Waals surface area (Å²) in [5.41, 5.74) is 2.44. The molecule has 0 unspecified atom stereocenters. The van der Waals surface area contributed by atoms with Crippen molar-refractivity contribution in [3.63, 3.8) is 0 Å². The van der Waals surface area contributed by atoms with E-state index in [1.807, 2.05) is 12.1 Å². The van der Waals surface area contributed by atoms with Crippen molar-refractivity contribution in [1.82, 2.24) is 10.2 Å². The van der Waals surface area contributed by atoms with Gasteiger partial charge in [-0.25, -0.2) is 0 Å². The summed E-state index contributed by atoms with van der Waals surface area (Å²) >= 11 is 0. The van der Waals surface area contributed by atoms with E-state index in [0.29, 0.717) is 34.9 Å². The lowest BCUT2D eigenvalue weighted by atomic mass is 10.1. The standard InChI is InChI=1S/C26H36N4O4/c1-5-29(6-2)14-11-27-26(32)23-17-20(9-10-24(23)30-12-7-8-13-30)28-25(31)19-15-21(33-3)18-22(16-19)34-4/h9-10,15-18H,5-8,11-14H2,1-4H3,(H,27,32)(H,28,31). The molecule has 2 aromatic rings. The molecule has 1 aliphatic rings. The number of ether oxygens (including phenoxy) is 2. The van der Waals surface area contributed by atoms with Crippen LogP contribution in [-0.2, 0) is 0 Å². The molecule has 2 N–H and O–H groups in total. The van der Waals surface area contributed by atoms with E-state index in [1.165, 1.54) is 0 Å². The number of methoxy groups -OCH3 is 2. The van der Waals surface area contributed by atoms with Crippen LogP contribution in [0.15, 0.2) is 36.4 Å². The highest BCUT2D eigenvalue weighted by Gasteiger charge is 2.21. The summed E-state index contributed by atoms with van der Waals surface area (Å²) < 4.78 is 10.5. The molecule has 0 aliphatic carbocycles. The van der Waals surface area contributed by atoms with Crippen molar-refractivity contribution in [2.24, 2.45) is 0 Å². The average molecular weight is 469 g/mol. The molecule has 8 nitrogen and oxygen atoms in total. The van der Waals surface area contributed by atoms with Gasteiger partial charge in [-0.15, -0.1) is 0 Å². The third-order valence-electron chi connectivity index (χ3n) is 6.17. The molecule has 1 saturated heterocycles. The van der Waals surface area contributed by atoms with Crippen LogP contribution < -0.4 is 25.0 Å². The number of carbonyl (C=O) groups excluding carboxylic acids is 2. The maximum atomic E-state index is 13.2. The molecule has 0 aromatic heterocycles. The van der Waals surface area contributed by atoms with Gasteiger partial charge in [-0.1, -0.05) is 13.8 Å². The number of anilines is 2. The lowest BCUT2D eigenvalue weighted by Gasteiger charge is -2.23. The molecule has 8 heteroatoms. The predicted octanol–water partition coefficient (Wildman–Crippen LogP) is 3.63. The van der Waals surface area contributed by atoms with Crippen molar-refractivity contribution in [3.8, 4) is 11.5 Å². The van der Waals surface area contributed by atoms with E-state index in [2.05, 4.69) is 34.3 Å². The van der Waals surface area contributed by atoms with Crippen LogP contribution >= 0.6 is 0 Å². The molecule has 1 heterocycles. The Kier molecular flexibility index (Phi) is 9.16. The van der Waals surface area contributed by atoms with Gasteiger partial charge in [0.2, 0.25) is 0 Å². The van der Waals surface area contributed by atoms with Gasteiger partial charge in [0.1, 0.15) is 11.5 Å². The van der Waals surface area contributed by atoms with E-state index in [4.69, 9.17) is 9.47 Å². The van der Waals surface area contributed by atoms with E-state index in [0.717, 1.165) is 51.3 Å². The predicted molar refractivity (Wildman–Crippen MR) is 136 cm³/mol. The minimum absolute atomic E-state index is 0.131. The van der Waals surface area contributed by atoms with Gasteiger partial charge in [0.05, 0.1) is 19.8 Å². The minimum atomic E-state index is -0.306. The fourth-order valence-corrected chi connectivity index (χ4v) is 4.13. The first-order valence-electron chi connectivity index (χ1n) is 11.9. The Balaban J connectivity index is 1.80. The quantitative estimate of drug-likeness (QED) is 0.524. The monoisotopic (exact) mass is 468 g/mol. The first kappa shape index (κ1) is 25.4. The minimum Gasteiger partial charge on any atom is -0.497 e. The molecule has 2 aromatic carbocycles. The van der Waals surface area contributed by atoms with E-state index in [-0.39, 0.29) is 11.8 Å². The Morgan fingerprint density at radius 3 is 2.18 bits per heavy atom. The third-order valence-corrected chi connectivity index (χ3v) is 6.17. The van der Waals surface area contributed by atoms with Gasteiger partial charge in [-0.2, -0.15) is 0 Å². The molecule has 0 spiro atoms. The highest BCUT2D eigenvalue weighted by Crippen LogP contribution is 2.28. The zero-order chi connectivity index (χ0) is 24.5. The molecular weight excluding hydrogens is 432 g/mol. The highest BCUT2D eigenvalue weighted by atomic mass is 16.5. The summed E-state index contributed by atoms with van der Waals surface area (Å²) in [4.78, 5) is 30.6. The summed E-state index contributed by atoms with van der Waals surface area (Å²) in [7, 11) is 3.08. The Labute approximate surface area is 202 Å². The van der Waals surface area contributed by atoms with Crippen LogP contribution in [0.1, 0.15) is 47.4 Å². The first-order chi connectivity index (χ1) is 16.5. The maximum Gasteiger partial charge on any atom is 0.255 e. The van der Waals surface area contributed by atoms with Crippen molar-refractivity contribution in [1.29, 1.82) is 0 Å². The van der Waals surface area contributed by atoms with Crippen LogP contribution in [-0.4, -0.2) is 70.2 Å². The number of rotatable bonds is 11. The fourth-order valence-electron chi connectivity index (χ4n) is 4.13. The zero-order valence-electron chi connectivity index (χ0n) is 20.6. The number of likely N-dealkylation sites (N-methyl/N-ethyl adjacent to an activating group) is 1. The van der Waals surface area contributed by atoms with Gasteiger partial charge in [0, 0.05) is 49.2 Å². The SMILES string of the molecule is CCN(CC)CCNC(=O)c1cc(NC(=O)c2cc(OC)cc(OC)c2)ccc1N1CCCC1. The van der Waals surface area contributed by atoms with E-state index >= 15 is 0 Å². The summed E-state index contributed by atoms with van der Waals surface area (Å²) in [5, 5.41) is 5.96. The second-order valence-corrected chi connectivity index (χ2v) is 8.26. The molecule has 2 amide bonds. The molecule has 184 valence electrons. The third kappa shape index (κ3) is 6.41. The molecule has 0 bridgehead atoms. The average Bonchev–Trinajstić information content (AvgIpc) is 3.41. The lowest BCUT2D eigenvalue weighted by Crippen LogP contribution is -2.35. The van der Waals surface area contributed by atoms with Gasteiger partial charge < -0.3 is 29.9 Å². The van der Waals surface area contributed by atoms with Gasteiger partial charge >= 0.3 is 0 Å². The van der Waals surface area contributed by atoms with Crippen molar-refractivity contribution >= 4 is 23.2 Å². The summed E-state index contributed by atoms with van der Waals surface area (Å²) in [6, 6.07) is 10.5. The van der Waals surface area contributed by atoms with Crippen molar-refractivity contribution in [2.75, 3.05) is 63.7 Å². The van der Waals surface area contributed by atoms with Gasteiger partial charge in [-0.05, 0) is 56.3 Å². The Morgan fingerprint density at radius 1 is 0.941 bits per heavy atom. The number of benzene rings is 2. The molecule has 34 heavy (non-hydrogen) atoms. The van der Waals surface area contributed by atoms with Crippen LogP contribution in [0.5, 0.6) is 11.5 Å². The second kappa shape index (κ2) is 12.3. The molecule has 1 aliphatic heterocycles. The van der Waals surface area contributed by atoms with Gasteiger partial charge in [0.15, 0.2) is 0 Å². The van der Waals surface area contributed by atoms with E-state index in [9.17, 15) is 9.59 Å². The zero-order valence-corrected chi connectivity index (χ0v) is 20.6. The first-order valence-corrected chi connectivity index (χ1v) is 11.9. The van der Waals surface area contributed by atoms with Crippen LogP contribution in [0.25, 0.3) is 0 Å². The van der Waals surface area contributed by atoms with Crippen molar-refractivity contribution in [2.45, 2.75) is 26.7 Å². The van der Waals surface area contributed by atoms with Gasteiger partial charge in [-0.3, -0.25) is 9.59 Å². The highest BCUT2D eigenvalue weighted by molar-refractivity contribution is 6.06. The number of hydrogen-bond donors (Lipinski definition) is 2. The number of amides is 2. The molecule has 0 radical (unpaired) electrons. The fraction of sp³-hybridized carbons (Fsp3) is 0.462. The summed E-state index contributed by atoms with van der Waals surface area (Å²) in [6.07, 6.45) is 2.22. The number of nitrogens with one attached hydrogen (secondary N) is 2. The van der Waals surface area contributed by atoms with E-state index in [1.54, 1.807) is 38.5 Å². The second-order valence-electron chi connectivity index (χ2n) is 8.26. The topological polar surface area (TPSA) is 83.1 Å². The van der Waals surface area contributed by atoms with Crippen LogP contribution in [0.3, 0.4) is 0 Å². The molecular formula is C26H36N4O4. The number of carbonyl (C=O) groups is 2. The number of hydrogen-bond acceptors (Lipinski definition) is 6. The summed E-state index contributed by atoms with van der Waals surface area (Å²) in [6.45, 7) is 9.34. The maximum absolute atomic E-state index is 13.2. The molecule has 0 saturated carbocycles. The molecule has 0 atom stereocenters. The molecule has 3 rings (SSSR count). The van der Waals surface area contributed by atoms with Crippen molar-refractivity contribution < 1.29 is 19.1 Å². The lowest BCUT2D eigenvalue weighted by molar-refractivity contribution is 0.0948. The normalized spacial score (nSPS) is 13.1. The van der Waals surface area contributed by atoms with Crippen LogP contribution in [0.4, 0.5) is 11.4 Å². The van der Waals surface area contributed by atoms with Crippen molar-refractivity contribution in [3.05, 3.63) is 47.5 Å². The Hall–Kier alpha value is -3.26. The Morgan fingerprint density at radius 2 is 1.59 bits per heavy atom. The molecule has 1 fully saturated rings. The van der Waals surface area contributed by atoms with Gasteiger partial charge in [0.25, 0.3) is 11.8 Å². The number of nitrogens with zero attached hydrogens (tertiary/aromatic N) is 2. The Bertz CT molecular complexity index is 963. The van der Waals surface area contributed by atoms with Crippen LogP contribution in [0.2, 0.25) is 0 Å². The smallest absolute Gasteiger partial charge is 0.255 e. The summed E-state index contributed by atoms with van der Waals surface area (Å²) in [5.74, 6) is 0.622. The van der Waals surface area contributed by atoms with Crippen LogP contribution in [0, 0.1) is 0 Å².